The molecule has 0 radical (unpaired) electrons. The van der Waals surface area contributed by atoms with E-state index in [-0.39, 0.29) is 29.5 Å². The van der Waals surface area contributed by atoms with Crippen LogP contribution >= 0.6 is 0 Å². The smallest absolute Gasteiger partial charge is 0.238 e. The number of nitrogens with zero attached hydrogens (tertiary/aromatic N) is 2. The van der Waals surface area contributed by atoms with Crippen LogP contribution in [-0.2, 0) is 19.6 Å². The lowest BCUT2D eigenvalue weighted by atomic mass is 9.93. The number of piperidine rings is 2. The van der Waals surface area contributed by atoms with Crippen molar-refractivity contribution in [3.8, 4) is 0 Å². The second-order valence-electron chi connectivity index (χ2n) is 8.92. The van der Waals surface area contributed by atoms with Gasteiger partial charge in [-0.25, -0.2) is 8.42 Å². The van der Waals surface area contributed by atoms with Gasteiger partial charge in [0, 0.05) is 25.7 Å². The van der Waals surface area contributed by atoms with Gasteiger partial charge < -0.3 is 10.2 Å². The van der Waals surface area contributed by atoms with E-state index in [1.54, 1.807) is 0 Å². The minimum absolute atomic E-state index is 0.0268. The van der Waals surface area contributed by atoms with Crippen molar-refractivity contribution in [2.75, 3.05) is 25.4 Å². The van der Waals surface area contributed by atoms with E-state index in [1.807, 2.05) is 49.1 Å². The molecule has 0 spiro atoms. The first-order valence-electron chi connectivity index (χ1n) is 12.0. The summed E-state index contributed by atoms with van der Waals surface area (Å²) < 4.78 is 26.7. The van der Waals surface area contributed by atoms with E-state index in [0.29, 0.717) is 45.3 Å². The van der Waals surface area contributed by atoms with Gasteiger partial charge in [-0.3, -0.25) is 9.59 Å². The molecule has 7 nitrogen and oxygen atoms in total. The van der Waals surface area contributed by atoms with E-state index in [0.717, 1.165) is 24.8 Å². The fourth-order valence-electron chi connectivity index (χ4n) is 4.88. The van der Waals surface area contributed by atoms with Gasteiger partial charge in [-0.15, -0.1) is 0 Å². The standard InChI is InChI=1S/C24H37N3O4S/c1-3-18-32(30,31)27-15-9-8-12-22(27)23(28)25-20-13-16-26(17-14-20)24(29)21(4-2)19-10-6-5-7-11-19/h5-7,10-11,20-22H,3-4,8-9,12-18H2,1-2H3,(H,25,28). The van der Waals surface area contributed by atoms with Gasteiger partial charge in [0.25, 0.3) is 0 Å². The highest BCUT2D eigenvalue weighted by Crippen LogP contribution is 2.25. The van der Waals surface area contributed by atoms with Gasteiger partial charge in [-0.1, -0.05) is 50.6 Å². The molecule has 1 aromatic carbocycles. The Morgan fingerprint density at radius 2 is 1.72 bits per heavy atom. The van der Waals surface area contributed by atoms with Crippen molar-refractivity contribution >= 4 is 21.8 Å². The Morgan fingerprint density at radius 1 is 1.03 bits per heavy atom. The molecule has 2 heterocycles. The molecule has 0 aromatic heterocycles. The van der Waals surface area contributed by atoms with Crippen molar-refractivity contribution in [3.63, 3.8) is 0 Å². The number of nitrogens with one attached hydrogen (secondary N) is 1. The van der Waals surface area contributed by atoms with E-state index in [4.69, 9.17) is 0 Å². The van der Waals surface area contributed by atoms with Crippen LogP contribution in [0.1, 0.15) is 70.3 Å². The third-order valence-corrected chi connectivity index (χ3v) is 8.71. The Balaban J connectivity index is 1.56. The van der Waals surface area contributed by atoms with E-state index in [2.05, 4.69) is 5.32 Å². The van der Waals surface area contributed by atoms with Crippen molar-refractivity contribution < 1.29 is 18.0 Å². The Kier molecular flexibility index (Phi) is 8.71. The quantitative estimate of drug-likeness (QED) is 0.642. The molecule has 1 N–H and O–H groups in total. The molecule has 3 rings (SSSR count). The van der Waals surface area contributed by atoms with E-state index in [9.17, 15) is 18.0 Å². The monoisotopic (exact) mass is 463 g/mol. The van der Waals surface area contributed by atoms with E-state index < -0.39 is 16.1 Å². The van der Waals surface area contributed by atoms with Crippen molar-refractivity contribution in [3.05, 3.63) is 35.9 Å². The summed E-state index contributed by atoms with van der Waals surface area (Å²) in [5.74, 6) is -0.100. The fraction of sp³-hybridized carbons (Fsp3) is 0.667. The summed E-state index contributed by atoms with van der Waals surface area (Å²) in [5, 5.41) is 3.08. The Labute approximate surface area is 192 Å². The Bertz CT molecular complexity index is 866. The van der Waals surface area contributed by atoms with E-state index in [1.165, 1.54) is 4.31 Å². The Morgan fingerprint density at radius 3 is 2.34 bits per heavy atom. The van der Waals surface area contributed by atoms with Crippen LogP contribution in [0.2, 0.25) is 0 Å². The van der Waals surface area contributed by atoms with Gasteiger partial charge in [-0.2, -0.15) is 4.31 Å². The maximum Gasteiger partial charge on any atom is 0.238 e. The average Bonchev–Trinajstić information content (AvgIpc) is 2.80. The number of hydrogen-bond acceptors (Lipinski definition) is 4. The van der Waals surface area contributed by atoms with Crippen molar-refractivity contribution in [1.29, 1.82) is 0 Å². The molecule has 2 atom stereocenters. The number of carbonyl (C=O) groups excluding carboxylic acids is 2. The topological polar surface area (TPSA) is 86.8 Å². The molecule has 178 valence electrons. The SMILES string of the molecule is CCCS(=O)(=O)N1CCCCC1C(=O)NC1CCN(C(=O)C(CC)c2ccccc2)CC1. The van der Waals surface area contributed by atoms with Gasteiger partial charge in [0.1, 0.15) is 6.04 Å². The Hall–Kier alpha value is -1.93. The molecule has 1 aromatic rings. The number of hydrogen-bond donors (Lipinski definition) is 1. The lowest BCUT2D eigenvalue weighted by molar-refractivity contribution is -0.134. The molecule has 2 aliphatic heterocycles. The van der Waals surface area contributed by atoms with Gasteiger partial charge >= 0.3 is 0 Å². The normalized spacial score (nSPS) is 21.8. The number of amides is 2. The molecule has 8 heteroatoms. The number of sulfonamides is 1. The maximum absolute atomic E-state index is 13.1. The molecule has 2 fully saturated rings. The predicted octanol–water partition coefficient (Wildman–Crippen LogP) is 2.88. The van der Waals surface area contributed by atoms with Crippen molar-refractivity contribution in [1.82, 2.24) is 14.5 Å². The zero-order valence-corrected chi connectivity index (χ0v) is 20.1. The number of carbonyl (C=O) groups is 2. The van der Waals surface area contributed by atoms with Crippen LogP contribution in [0.15, 0.2) is 30.3 Å². The molecule has 2 aliphatic rings. The lowest BCUT2D eigenvalue weighted by Gasteiger charge is -2.37. The molecule has 2 unspecified atom stereocenters. The highest BCUT2D eigenvalue weighted by molar-refractivity contribution is 7.89. The second kappa shape index (κ2) is 11.3. The zero-order chi connectivity index (χ0) is 23.1. The van der Waals surface area contributed by atoms with Crippen LogP contribution in [0.5, 0.6) is 0 Å². The van der Waals surface area contributed by atoms with Gasteiger partial charge in [0.05, 0.1) is 11.7 Å². The average molecular weight is 464 g/mol. The molecular formula is C24H37N3O4S. The van der Waals surface area contributed by atoms with Crippen LogP contribution in [-0.4, -0.2) is 66.9 Å². The first kappa shape index (κ1) is 24.7. The fourth-order valence-corrected chi connectivity index (χ4v) is 6.62. The van der Waals surface area contributed by atoms with Crippen molar-refractivity contribution in [2.24, 2.45) is 0 Å². The highest BCUT2D eigenvalue weighted by atomic mass is 32.2. The molecule has 0 saturated carbocycles. The summed E-state index contributed by atoms with van der Waals surface area (Å²) in [6.07, 6.45) is 4.91. The lowest BCUT2D eigenvalue weighted by Crippen LogP contribution is -2.55. The molecule has 2 amide bonds. The molecule has 0 aliphatic carbocycles. The number of likely N-dealkylation sites (tertiary alicyclic amines) is 1. The van der Waals surface area contributed by atoms with Crippen LogP contribution in [0.3, 0.4) is 0 Å². The van der Waals surface area contributed by atoms with Crippen LogP contribution in [0, 0.1) is 0 Å². The summed E-state index contributed by atoms with van der Waals surface area (Å²) in [6, 6.07) is 9.24. The summed E-state index contributed by atoms with van der Waals surface area (Å²) in [5.41, 5.74) is 1.04. The predicted molar refractivity (Wildman–Crippen MR) is 126 cm³/mol. The molecule has 32 heavy (non-hydrogen) atoms. The highest BCUT2D eigenvalue weighted by Gasteiger charge is 2.37. The zero-order valence-electron chi connectivity index (χ0n) is 19.3. The van der Waals surface area contributed by atoms with Gasteiger partial charge in [0.15, 0.2) is 0 Å². The first-order valence-corrected chi connectivity index (χ1v) is 13.6. The summed E-state index contributed by atoms with van der Waals surface area (Å²) in [4.78, 5) is 28.0. The number of rotatable bonds is 8. The van der Waals surface area contributed by atoms with Crippen LogP contribution in [0.4, 0.5) is 0 Å². The summed E-state index contributed by atoms with van der Waals surface area (Å²) in [7, 11) is -3.41. The minimum atomic E-state index is -3.41. The molecular weight excluding hydrogens is 426 g/mol. The molecule has 0 bridgehead atoms. The number of benzene rings is 1. The third-order valence-electron chi connectivity index (χ3n) is 6.64. The summed E-state index contributed by atoms with van der Waals surface area (Å²) in [6.45, 7) is 5.51. The van der Waals surface area contributed by atoms with Crippen LogP contribution in [0.25, 0.3) is 0 Å². The first-order chi connectivity index (χ1) is 15.4. The van der Waals surface area contributed by atoms with Crippen LogP contribution < -0.4 is 5.32 Å². The van der Waals surface area contributed by atoms with E-state index >= 15 is 0 Å². The largest absolute Gasteiger partial charge is 0.352 e. The van der Waals surface area contributed by atoms with Crippen molar-refractivity contribution in [2.45, 2.75) is 76.8 Å². The second-order valence-corrected chi connectivity index (χ2v) is 11.0. The van der Waals surface area contributed by atoms with Gasteiger partial charge in [-0.05, 0) is 44.1 Å². The third kappa shape index (κ3) is 5.90. The van der Waals surface area contributed by atoms with Gasteiger partial charge in [0.2, 0.25) is 21.8 Å². The molecule has 2 saturated heterocycles. The minimum Gasteiger partial charge on any atom is -0.352 e. The summed E-state index contributed by atoms with van der Waals surface area (Å²) >= 11 is 0. The maximum atomic E-state index is 13.1.